The Hall–Kier alpha value is -0.240. The third-order valence-electron chi connectivity index (χ3n) is 3.64. The van der Waals surface area contributed by atoms with Crippen LogP contribution in [0.4, 0.5) is 0 Å². The number of nitrogens with two attached hydrogens (primary N) is 1. The van der Waals surface area contributed by atoms with E-state index in [0.29, 0.717) is 22.5 Å². The molecule has 0 saturated heterocycles. The smallest absolute Gasteiger partial charge is 0.189 e. The summed E-state index contributed by atoms with van der Waals surface area (Å²) in [7, 11) is 4.05. The van der Waals surface area contributed by atoms with Gasteiger partial charge in [-0.2, -0.15) is 0 Å². The maximum absolute atomic E-state index is 6.19. The molecule has 1 atom stereocenters. The van der Waals surface area contributed by atoms with Crippen LogP contribution in [0.2, 0.25) is 10.0 Å². The molecule has 7 heteroatoms. The van der Waals surface area contributed by atoms with E-state index < -0.39 is 0 Å². The molecule has 0 aromatic heterocycles. The fourth-order valence-electron chi connectivity index (χ4n) is 1.62. The number of nitrogens with one attached hydrogen (secondary N) is 1. The normalized spacial score (nSPS) is 13.7. The molecule has 3 N–H and O–H groups in total. The summed E-state index contributed by atoms with van der Waals surface area (Å²) in [6.07, 6.45) is 0. The van der Waals surface area contributed by atoms with Crippen molar-refractivity contribution in [3.8, 4) is 0 Å². The van der Waals surface area contributed by atoms with Crippen LogP contribution in [0.15, 0.2) is 23.2 Å². The lowest BCUT2D eigenvalue weighted by Gasteiger charge is -2.31. The number of aliphatic imine (C=N–C) groups is 1. The van der Waals surface area contributed by atoms with Gasteiger partial charge < -0.3 is 16.0 Å². The number of halogens is 3. The maximum Gasteiger partial charge on any atom is 0.189 e. The zero-order valence-electron chi connectivity index (χ0n) is 13.7. The van der Waals surface area contributed by atoms with Crippen LogP contribution >= 0.6 is 47.2 Å². The summed E-state index contributed by atoms with van der Waals surface area (Å²) < 4.78 is 0. The largest absolute Gasteiger partial charge is 0.370 e. The molecule has 1 aromatic rings. The molecule has 0 amide bonds. The minimum absolute atomic E-state index is 0. The lowest BCUT2D eigenvalue weighted by atomic mass is 10.1. The van der Waals surface area contributed by atoms with E-state index in [1.165, 1.54) is 0 Å². The average molecular weight is 459 g/mol. The minimum atomic E-state index is -0.0482. The van der Waals surface area contributed by atoms with Gasteiger partial charge in [-0.15, -0.1) is 24.0 Å². The highest BCUT2D eigenvalue weighted by Crippen LogP contribution is 2.25. The molecule has 0 fully saturated rings. The van der Waals surface area contributed by atoms with E-state index in [2.05, 4.69) is 29.1 Å². The van der Waals surface area contributed by atoms with Gasteiger partial charge in [-0.3, -0.25) is 4.99 Å². The molecule has 1 unspecified atom stereocenters. The Labute approximate surface area is 160 Å². The monoisotopic (exact) mass is 458 g/mol. The number of rotatable bonds is 5. The molecule has 1 aromatic carbocycles. The Bertz CT molecular complexity index is 518. The van der Waals surface area contributed by atoms with Crippen LogP contribution in [0.5, 0.6) is 0 Å². The van der Waals surface area contributed by atoms with Crippen molar-refractivity contribution in [1.29, 1.82) is 0 Å². The molecule has 4 nitrogen and oxygen atoms in total. The van der Waals surface area contributed by atoms with E-state index >= 15 is 0 Å². The van der Waals surface area contributed by atoms with Gasteiger partial charge in [0.2, 0.25) is 0 Å². The van der Waals surface area contributed by atoms with Crippen molar-refractivity contribution in [3.05, 3.63) is 33.8 Å². The standard InChI is InChI=1S/C15H24Cl2N4.HI/c1-10(12-7-6-11(16)8-13(12)17)20-14(18)19-9-15(2,3)21(4)5;/h6-8,10H,9H2,1-5H3,(H3,18,19,20);1H. The predicted molar refractivity (Wildman–Crippen MR) is 108 cm³/mol. The van der Waals surface area contributed by atoms with Gasteiger partial charge in [-0.25, -0.2) is 0 Å². The molecule has 126 valence electrons. The number of hydrogen-bond acceptors (Lipinski definition) is 2. The van der Waals surface area contributed by atoms with Crippen LogP contribution in [0.3, 0.4) is 0 Å². The van der Waals surface area contributed by atoms with Crippen LogP contribution in [-0.2, 0) is 0 Å². The lowest BCUT2D eigenvalue weighted by molar-refractivity contribution is 0.205. The summed E-state index contributed by atoms with van der Waals surface area (Å²) in [5, 5.41) is 4.38. The summed E-state index contributed by atoms with van der Waals surface area (Å²) in [5.41, 5.74) is 6.84. The van der Waals surface area contributed by atoms with Crippen molar-refractivity contribution < 1.29 is 0 Å². The summed E-state index contributed by atoms with van der Waals surface area (Å²) in [5.74, 6) is 0.406. The number of likely N-dealkylation sites (N-methyl/N-ethyl adjacent to an activating group) is 1. The summed E-state index contributed by atoms with van der Waals surface area (Å²) in [4.78, 5) is 6.52. The molecule has 0 heterocycles. The average Bonchev–Trinajstić information content (AvgIpc) is 2.36. The molecule has 0 aliphatic carbocycles. The predicted octanol–water partition coefficient (Wildman–Crippen LogP) is 3.92. The van der Waals surface area contributed by atoms with Gasteiger partial charge in [-0.1, -0.05) is 29.3 Å². The Morgan fingerprint density at radius 2 is 1.95 bits per heavy atom. The first kappa shape index (κ1) is 21.8. The highest BCUT2D eigenvalue weighted by atomic mass is 127. The molecule has 0 saturated carbocycles. The topological polar surface area (TPSA) is 53.6 Å². The van der Waals surface area contributed by atoms with Crippen molar-refractivity contribution in [2.75, 3.05) is 20.6 Å². The first-order valence-corrected chi connectivity index (χ1v) is 7.58. The van der Waals surface area contributed by atoms with E-state index in [9.17, 15) is 0 Å². The molecule has 22 heavy (non-hydrogen) atoms. The fraction of sp³-hybridized carbons (Fsp3) is 0.533. The fourth-order valence-corrected chi connectivity index (χ4v) is 2.19. The van der Waals surface area contributed by atoms with Crippen LogP contribution < -0.4 is 11.1 Å². The highest BCUT2D eigenvalue weighted by Gasteiger charge is 2.20. The van der Waals surface area contributed by atoms with Gasteiger partial charge in [0.15, 0.2) is 5.96 Å². The SMILES string of the molecule is CC(NC(N)=NCC(C)(C)N(C)C)c1ccc(Cl)cc1Cl.I. The molecule has 0 spiro atoms. The molecular weight excluding hydrogens is 434 g/mol. The molecular formula is C15H25Cl2IN4. The van der Waals surface area contributed by atoms with Gasteiger partial charge in [0.1, 0.15) is 0 Å². The van der Waals surface area contributed by atoms with Crippen molar-refractivity contribution in [2.45, 2.75) is 32.4 Å². The van der Waals surface area contributed by atoms with Gasteiger partial charge in [0.25, 0.3) is 0 Å². The molecule has 0 bridgehead atoms. The second-order valence-corrected chi connectivity index (χ2v) is 6.78. The first-order valence-electron chi connectivity index (χ1n) is 6.82. The van der Waals surface area contributed by atoms with E-state index in [1.807, 2.05) is 33.2 Å². The summed E-state index contributed by atoms with van der Waals surface area (Å²) >= 11 is 12.1. The number of guanidine groups is 1. The van der Waals surface area contributed by atoms with Gasteiger partial charge >= 0.3 is 0 Å². The second-order valence-electron chi connectivity index (χ2n) is 5.94. The first-order chi connectivity index (χ1) is 9.63. The number of benzene rings is 1. The summed E-state index contributed by atoms with van der Waals surface area (Å²) in [6.45, 7) is 6.82. The highest BCUT2D eigenvalue weighted by molar-refractivity contribution is 14.0. The van der Waals surface area contributed by atoms with Gasteiger partial charge in [-0.05, 0) is 52.6 Å². The van der Waals surface area contributed by atoms with E-state index in [1.54, 1.807) is 6.07 Å². The molecule has 0 aliphatic rings. The summed E-state index contributed by atoms with van der Waals surface area (Å²) in [6, 6.07) is 5.38. The van der Waals surface area contributed by atoms with Crippen molar-refractivity contribution in [3.63, 3.8) is 0 Å². The second kappa shape index (κ2) is 9.15. The third-order valence-corrected chi connectivity index (χ3v) is 4.20. The Kier molecular flexibility index (Phi) is 9.05. The number of hydrogen-bond donors (Lipinski definition) is 2. The third kappa shape index (κ3) is 6.48. The Morgan fingerprint density at radius 3 is 2.45 bits per heavy atom. The zero-order valence-corrected chi connectivity index (χ0v) is 17.5. The number of nitrogens with zero attached hydrogens (tertiary/aromatic N) is 2. The minimum Gasteiger partial charge on any atom is -0.370 e. The molecule has 1 rings (SSSR count). The zero-order chi connectivity index (χ0) is 16.2. The van der Waals surface area contributed by atoms with Gasteiger partial charge in [0, 0.05) is 15.6 Å². The Morgan fingerprint density at radius 1 is 1.36 bits per heavy atom. The van der Waals surface area contributed by atoms with E-state index in [4.69, 9.17) is 28.9 Å². The van der Waals surface area contributed by atoms with Crippen molar-refractivity contribution in [1.82, 2.24) is 10.2 Å². The van der Waals surface area contributed by atoms with Crippen molar-refractivity contribution in [2.24, 2.45) is 10.7 Å². The lowest BCUT2D eigenvalue weighted by Crippen LogP contribution is -2.43. The van der Waals surface area contributed by atoms with Crippen LogP contribution in [0.1, 0.15) is 32.4 Å². The van der Waals surface area contributed by atoms with E-state index in [0.717, 1.165) is 5.56 Å². The van der Waals surface area contributed by atoms with Crippen LogP contribution in [0, 0.1) is 0 Å². The van der Waals surface area contributed by atoms with Crippen LogP contribution in [0.25, 0.3) is 0 Å². The van der Waals surface area contributed by atoms with Gasteiger partial charge in [0.05, 0.1) is 12.6 Å². The maximum atomic E-state index is 6.19. The van der Waals surface area contributed by atoms with Crippen LogP contribution in [-0.4, -0.2) is 37.0 Å². The molecule has 0 aliphatic heterocycles. The quantitative estimate of drug-likeness (QED) is 0.399. The van der Waals surface area contributed by atoms with Crippen molar-refractivity contribution >= 4 is 53.1 Å². The molecule has 0 radical (unpaired) electrons. The van der Waals surface area contributed by atoms with E-state index in [-0.39, 0.29) is 35.6 Å². The Balaban J connectivity index is 0.00000441.